The Morgan fingerprint density at radius 2 is 1.83 bits per heavy atom. The highest BCUT2D eigenvalue weighted by molar-refractivity contribution is 7.89. The number of nitrogens with zero attached hydrogens (tertiary/aromatic N) is 1. The third-order valence-corrected chi connectivity index (χ3v) is 4.53. The molecule has 0 fully saturated rings. The lowest BCUT2D eigenvalue weighted by Gasteiger charge is -2.18. The van der Waals surface area contributed by atoms with E-state index in [-0.39, 0.29) is 11.4 Å². The minimum Gasteiger partial charge on any atom is -0.392 e. The zero-order chi connectivity index (χ0) is 13.8. The zero-order valence-electron chi connectivity index (χ0n) is 11.1. The fraction of sp³-hybridized carbons (Fsp3) is 0.538. The molecule has 5 heteroatoms. The molecule has 0 bridgehead atoms. The summed E-state index contributed by atoms with van der Waals surface area (Å²) in [6.07, 6.45) is 1.31. The number of aliphatic hydroxyl groups is 1. The van der Waals surface area contributed by atoms with Gasteiger partial charge in [-0.3, -0.25) is 0 Å². The van der Waals surface area contributed by atoms with Gasteiger partial charge in [0, 0.05) is 13.6 Å². The van der Waals surface area contributed by atoms with Gasteiger partial charge in [0.1, 0.15) is 0 Å². The van der Waals surface area contributed by atoms with E-state index in [0.717, 1.165) is 18.4 Å². The summed E-state index contributed by atoms with van der Waals surface area (Å²) in [5, 5.41) is 9.24. The minimum absolute atomic E-state index is 0.0963. The summed E-state index contributed by atoms with van der Waals surface area (Å²) in [5.74, 6) is 0. The molecule has 0 spiro atoms. The maximum atomic E-state index is 12.2. The molecule has 0 aliphatic heterocycles. The Balaban J connectivity index is 2.91. The van der Waals surface area contributed by atoms with Gasteiger partial charge < -0.3 is 5.11 Å². The second-order valence-electron chi connectivity index (χ2n) is 4.53. The lowest BCUT2D eigenvalue weighted by atomic mass is 10.1. The van der Waals surface area contributed by atoms with Crippen LogP contribution in [-0.2, 0) is 16.4 Å². The van der Waals surface area contributed by atoms with Crippen LogP contribution in [0.25, 0.3) is 0 Å². The molecule has 0 aromatic heterocycles. The molecule has 1 rings (SSSR count). The van der Waals surface area contributed by atoms with Gasteiger partial charge in [0.15, 0.2) is 0 Å². The molecular formula is C13H21NO3S. The molecule has 0 amide bonds. The highest BCUT2D eigenvalue weighted by atomic mass is 32.2. The van der Waals surface area contributed by atoms with Crippen molar-refractivity contribution < 1.29 is 13.5 Å². The first-order chi connectivity index (χ1) is 8.37. The van der Waals surface area contributed by atoms with Crippen molar-refractivity contribution in [2.24, 2.45) is 0 Å². The molecule has 1 atom stereocenters. The van der Waals surface area contributed by atoms with Crippen LogP contribution in [-0.4, -0.2) is 37.5 Å². The van der Waals surface area contributed by atoms with Crippen molar-refractivity contribution in [3.63, 3.8) is 0 Å². The van der Waals surface area contributed by atoms with Gasteiger partial charge in [0.05, 0.1) is 11.0 Å². The van der Waals surface area contributed by atoms with Crippen LogP contribution in [0.5, 0.6) is 0 Å². The molecule has 102 valence electrons. The molecule has 0 aliphatic carbocycles. The van der Waals surface area contributed by atoms with E-state index in [4.69, 9.17) is 0 Å². The summed E-state index contributed by atoms with van der Waals surface area (Å²) in [6, 6.07) is 6.93. The Kier molecular flexibility index (Phi) is 5.31. The average molecular weight is 271 g/mol. The number of hydrogen-bond donors (Lipinski definition) is 1. The lowest BCUT2D eigenvalue weighted by Crippen LogP contribution is -2.33. The minimum atomic E-state index is -3.49. The van der Waals surface area contributed by atoms with Gasteiger partial charge in [0.25, 0.3) is 0 Å². The Bertz CT molecular complexity index is 466. The lowest BCUT2D eigenvalue weighted by molar-refractivity contribution is 0.171. The van der Waals surface area contributed by atoms with Crippen molar-refractivity contribution in [2.75, 3.05) is 13.6 Å². The smallest absolute Gasteiger partial charge is 0.242 e. The average Bonchev–Trinajstić information content (AvgIpc) is 2.29. The first-order valence-electron chi connectivity index (χ1n) is 6.11. The second kappa shape index (κ2) is 6.31. The highest BCUT2D eigenvalue weighted by Crippen LogP contribution is 2.16. The molecule has 1 unspecified atom stereocenters. The second-order valence-corrected chi connectivity index (χ2v) is 6.57. The summed E-state index contributed by atoms with van der Waals surface area (Å²) in [5.41, 5.74) is 1.13. The van der Waals surface area contributed by atoms with Crippen molar-refractivity contribution in [3.05, 3.63) is 29.8 Å². The van der Waals surface area contributed by atoms with Crippen LogP contribution in [0.3, 0.4) is 0 Å². The first-order valence-corrected chi connectivity index (χ1v) is 7.55. The van der Waals surface area contributed by atoms with Gasteiger partial charge in [-0.25, -0.2) is 8.42 Å². The van der Waals surface area contributed by atoms with E-state index < -0.39 is 16.1 Å². The van der Waals surface area contributed by atoms with E-state index in [1.165, 1.54) is 11.4 Å². The van der Waals surface area contributed by atoms with Gasteiger partial charge in [-0.1, -0.05) is 25.5 Å². The van der Waals surface area contributed by atoms with Crippen LogP contribution in [0.1, 0.15) is 25.8 Å². The van der Waals surface area contributed by atoms with Gasteiger partial charge in [-0.2, -0.15) is 4.31 Å². The van der Waals surface area contributed by atoms with Gasteiger partial charge in [0.2, 0.25) is 10.0 Å². The predicted molar refractivity (Wildman–Crippen MR) is 71.9 cm³/mol. The number of aliphatic hydroxyl groups excluding tert-OH is 1. The molecule has 1 N–H and O–H groups in total. The SMILES string of the molecule is CCCc1ccc(S(=O)(=O)N(C)CC(C)O)cc1. The monoisotopic (exact) mass is 271 g/mol. The van der Waals surface area contributed by atoms with Crippen LogP contribution >= 0.6 is 0 Å². The van der Waals surface area contributed by atoms with Gasteiger partial charge >= 0.3 is 0 Å². The summed E-state index contributed by atoms with van der Waals surface area (Å²) >= 11 is 0. The maximum absolute atomic E-state index is 12.2. The van der Waals surface area contributed by atoms with E-state index in [0.29, 0.717) is 0 Å². The first kappa shape index (κ1) is 15.1. The number of hydrogen-bond acceptors (Lipinski definition) is 3. The molecule has 0 aliphatic rings. The summed E-state index contributed by atoms with van der Waals surface area (Å²) < 4.78 is 25.5. The van der Waals surface area contributed by atoms with Crippen LogP contribution in [0.2, 0.25) is 0 Å². The third-order valence-electron chi connectivity index (χ3n) is 2.69. The van der Waals surface area contributed by atoms with Gasteiger partial charge in [-0.05, 0) is 31.0 Å². The van der Waals surface area contributed by atoms with Gasteiger partial charge in [-0.15, -0.1) is 0 Å². The van der Waals surface area contributed by atoms with Crippen molar-refractivity contribution >= 4 is 10.0 Å². The third kappa shape index (κ3) is 3.80. The number of likely N-dealkylation sites (N-methyl/N-ethyl adjacent to an activating group) is 1. The van der Waals surface area contributed by atoms with Crippen molar-refractivity contribution in [1.82, 2.24) is 4.31 Å². The highest BCUT2D eigenvalue weighted by Gasteiger charge is 2.21. The molecule has 18 heavy (non-hydrogen) atoms. The Labute approximate surface area is 109 Å². The largest absolute Gasteiger partial charge is 0.392 e. The summed E-state index contributed by atoms with van der Waals surface area (Å²) in [7, 11) is -2.02. The Morgan fingerprint density at radius 3 is 2.28 bits per heavy atom. The van der Waals surface area contributed by atoms with E-state index >= 15 is 0 Å². The van der Waals surface area contributed by atoms with Crippen molar-refractivity contribution in [3.8, 4) is 0 Å². The number of benzene rings is 1. The summed E-state index contributed by atoms with van der Waals surface area (Å²) in [4.78, 5) is 0.269. The molecule has 0 saturated carbocycles. The molecule has 1 aromatic carbocycles. The van der Waals surface area contributed by atoms with Crippen molar-refractivity contribution in [1.29, 1.82) is 0 Å². The fourth-order valence-corrected chi connectivity index (χ4v) is 3.02. The van der Waals surface area contributed by atoms with Crippen LogP contribution in [0.4, 0.5) is 0 Å². The number of sulfonamides is 1. The zero-order valence-corrected chi connectivity index (χ0v) is 11.9. The molecule has 0 saturated heterocycles. The molecule has 4 nitrogen and oxygen atoms in total. The molecule has 0 heterocycles. The molecule has 1 aromatic rings. The Hall–Kier alpha value is -0.910. The normalized spacial score (nSPS) is 13.8. The summed E-state index contributed by atoms with van der Waals surface area (Å²) in [6.45, 7) is 3.75. The van der Waals surface area contributed by atoms with E-state index in [1.54, 1.807) is 19.1 Å². The topological polar surface area (TPSA) is 57.6 Å². The van der Waals surface area contributed by atoms with E-state index in [2.05, 4.69) is 6.92 Å². The Morgan fingerprint density at radius 1 is 1.28 bits per heavy atom. The van der Waals surface area contributed by atoms with Crippen LogP contribution < -0.4 is 0 Å². The van der Waals surface area contributed by atoms with Crippen LogP contribution in [0, 0.1) is 0 Å². The fourth-order valence-electron chi connectivity index (χ4n) is 1.77. The number of aryl methyl sites for hydroxylation is 1. The molecule has 0 radical (unpaired) electrons. The van der Waals surface area contributed by atoms with Crippen molar-refractivity contribution in [2.45, 2.75) is 37.7 Å². The maximum Gasteiger partial charge on any atom is 0.242 e. The van der Waals surface area contributed by atoms with E-state index in [9.17, 15) is 13.5 Å². The molecular weight excluding hydrogens is 250 g/mol. The quantitative estimate of drug-likeness (QED) is 0.855. The standard InChI is InChI=1S/C13H21NO3S/c1-4-5-12-6-8-13(9-7-12)18(16,17)14(3)10-11(2)15/h6-9,11,15H,4-5,10H2,1-3H3. The predicted octanol–water partition coefficient (Wildman–Crippen LogP) is 1.64. The van der Waals surface area contributed by atoms with E-state index in [1.807, 2.05) is 12.1 Å². The van der Waals surface area contributed by atoms with Crippen LogP contribution in [0.15, 0.2) is 29.2 Å². The number of rotatable bonds is 6.